The van der Waals surface area contributed by atoms with Crippen LogP contribution >= 0.6 is 0 Å². The number of fused-ring (bicyclic) bond motifs is 1. The summed E-state index contributed by atoms with van der Waals surface area (Å²) in [5.41, 5.74) is 5.11. The van der Waals surface area contributed by atoms with Crippen LogP contribution in [0.1, 0.15) is 45.1 Å². The zero-order valence-electron chi connectivity index (χ0n) is 14.8. The van der Waals surface area contributed by atoms with Gasteiger partial charge in [-0.2, -0.15) is 0 Å². The summed E-state index contributed by atoms with van der Waals surface area (Å²) in [6, 6.07) is 18.6. The Morgan fingerprint density at radius 1 is 1.04 bits per heavy atom. The lowest BCUT2D eigenvalue weighted by Crippen LogP contribution is -2.21. The van der Waals surface area contributed by atoms with Crippen molar-refractivity contribution in [2.75, 3.05) is 5.32 Å². The van der Waals surface area contributed by atoms with Crippen molar-refractivity contribution in [2.45, 2.75) is 32.2 Å². The minimum Gasteiger partial charge on any atom is -0.350 e. The lowest BCUT2D eigenvalue weighted by atomic mass is 9.82. The van der Waals surface area contributed by atoms with Crippen LogP contribution in [0.5, 0.6) is 0 Å². The van der Waals surface area contributed by atoms with Crippen LogP contribution in [-0.4, -0.2) is 15.8 Å². The highest BCUT2D eigenvalue weighted by molar-refractivity contribution is 5.98. The van der Waals surface area contributed by atoms with Gasteiger partial charge in [0.25, 0.3) is 0 Å². The standard InChI is InChI=1S/C22H21N3O/c1-15-7-9-17(10-8-15)18-11-20-19(21(26)12-18)14-24-22(25-20)23-13-16-5-3-2-4-6-16/h2-10,14,18H,11-13H2,1H3,(H,23,24,25). The van der Waals surface area contributed by atoms with Crippen molar-refractivity contribution in [3.05, 3.63) is 88.7 Å². The van der Waals surface area contributed by atoms with Crippen LogP contribution in [0.4, 0.5) is 5.95 Å². The molecule has 0 spiro atoms. The Balaban J connectivity index is 1.53. The van der Waals surface area contributed by atoms with E-state index in [2.05, 4.69) is 58.6 Å². The second-order valence-corrected chi connectivity index (χ2v) is 6.83. The molecule has 1 heterocycles. The predicted octanol–water partition coefficient (Wildman–Crippen LogP) is 4.31. The average molecular weight is 343 g/mol. The van der Waals surface area contributed by atoms with Crippen LogP contribution in [0.2, 0.25) is 0 Å². The van der Waals surface area contributed by atoms with Gasteiger partial charge in [-0.05, 0) is 30.4 Å². The van der Waals surface area contributed by atoms with Gasteiger partial charge in [-0.15, -0.1) is 0 Å². The van der Waals surface area contributed by atoms with Crippen molar-refractivity contribution in [1.29, 1.82) is 0 Å². The first-order chi connectivity index (χ1) is 12.7. The number of carbonyl (C=O) groups excluding carboxylic acids is 1. The molecule has 0 saturated heterocycles. The van der Waals surface area contributed by atoms with E-state index in [9.17, 15) is 4.79 Å². The maximum Gasteiger partial charge on any atom is 0.223 e. The molecule has 2 aromatic carbocycles. The third-order valence-electron chi connectivity index (χ3n) is 4.88. The van der Waals surface area contributed by atoms with E-state index in [4.69, 9.17) is 0 Å². The van der Waals surface area contributed by atoms with Crippen molar-refractivity contribution < 1.29 is 4.79 Å². The SMILES string of the molecule is Cc1ccc(C2CC(=O)c3cnc(NCc4ccccc4)nc3C2)cc1. The molecule has 0 amide bonds. The molecule has 26 heavy (non-hydrogen) atoms. The van der Waals surface area contributed by atoms with Gasteiger partial charge in [0.2, 0.25) is 5.95 Å². The maximum absolute atomic E-state index is 12.5. The molecule has 0 aliphatic heterocycles. The van der Waals surface area contributed by atoms with Crippen molar-refractivity contribution in [3.63, 3.8) is 0 Å². The Kier molecular flexibility index (Phi) is 4.48. The number of nitrogens with zero attached hydrogens (tertiary/aromatic N) is 2. The largest absolute Gasteiger partial charge is 0.350 e. The Bertz CT molecular complexity index is 920. The normalized spacial score (nSPS) is 16.2. The van der Waals surface area contributed by atoms with E-state index < -0.39 is 0 Å². The third kappa shape index (κ3) is 3.49. The maximum atomic E-state index is 12.5. The summed E-state index contributed by atoms with van der Waals surface area (Å²) in [4.78, 5) is 21.5. The molecule has 1 aliphatic carbocycles. The third-order valence-corrected chi connectivity index (χ3v) is 4.88. The minimum absolute atomic E-state index is 0.131. The van der Waals surface area contributed by atoms with E-state index in [0.29, 0.717) is 24.5 Å². The fraction of sp³-hybridized carbons (Fsp3) is 0.227. The monoisotopic (exact) mass is 343 g/mol. The molecular weight excluding hydrogens is 322 g/mol. The molecule has 1 aliphatic rings. The van der Waals surface area contributed by atoms with E-state index in [-0.39, 0.29) is 11.7 Å². The topological polar surface area (TPSA) is 54.9 Å². The molecule has 1 aromatic heterocycles. The van der Waals surface area contributed by atoms with E-state index >= 15 is 0 Å². The number of rotatable bonds is 4. The number of hydrogen-bond acceptors (Lipinski definition) is 4. The number of aromatic nitrogens is 2. The molecular formula is C22H21N3O. The van der Waals surface area contributed by atoms with E-state index in [1.54, 1.807) is 6.20 Å². The first kappa shape index (κ1) is 16.5. The van der Waals surface area contributed by atoms with Gasteiger partial charge in [0.15, 0.2) is 5.78 Å². The van der Waals surface area contributed by atoms with Crippen LogP contribution in [-0.2, 0) is 13.0 Å². The smallest absolute Gasteiger partial charge is 0.223 e. The van der Waals surface area contributed by atoms with Gasteiger partial charge in [-0.1, -0.05) is 60.2 Å². The summed E-state index contributed by atoms with van der Waals surface area (Å²) in [6.45, 7) is 2.73. The van der Waals surface area contributed by atoms with Gasteiger partial charge in [0.1, 0.15) is 0 Å². The van der Waals surface area contributed by atoms with Crippen LogP contribution in [0, 0.1) is 6.92 Å². The fourth-order valence-electron chi connectivity index (χ4n) is 3.38. The first-order valence-electron chi connectivity index (χ1n) is 8.92. The van der Waals surface area contributed by atoms with Crippen LogP contribution in [0.3, 0.4) is 0 Å². The number of Topliss-reactive ketones (excluding diaryl/α,β-unsaturated/α-hetero) is 1. The molecule has 3 aromatic rings. The Morgan fingerprint density at radius 2 is 1.81 bits per heavy atom. The van der Waals surface area contributed by atoms with Crippen molar-refractivity contribution in [2.24, 2.45) is 0 Å². The number of carbonyl (C=O) groups is 1. The number of nitrogens with one attached hydrogen (secondary N) is 1. The molecule has 1 atom stereocenters. The second kappa shape index (κ2) is 7.08. The van der Waals surface area contributed by atoms with Gasteiger partial charge < -0.3 is 5.32 Å². The number of ketones is 1. The molecule has 4 rings (SSSR count). The molecule has 0 radical (unpaired) electrons. The van der Waals surface area contributed by atoms with Crippen LogP contribution < -0.4 is 5.32 Å². The number of anilines is 1. The zero-order valence-corrected chi connectivity index (χ0v) is 14.8. The van der Waals surface area contributed by atoms with Gasteiger partial charge in [0.05, 0.1) is 11.3 Å². The van der Waals surface area contributed by atoms with Gasteiger partial charge in [-0.25, -0.2) is 9.97 Å². The Labute approximate surface area is 153 Å². The quantitative estimate of drug-likeness (QED) is 0.767. The zero-order chi connectivity index (χ0) is 17.9. The Morgan fingerprint density at radius 3 is 2.58 bits per heavy atom. The molecule has 4 heteroatoms. The van der Waals surface area contributed by atoms with Gasteiger partial charge >= 0.3 is 0 Å². The predicted molar refractivity (Wildman–Crippen MR) is 102 cm³/mol. The highest BCUT2D eigenvalue weighted by Gasteiger charge is 2.28. The summed E-state index contributed by atoms with van der Waals surface area (Å²) in [7, 11) is 0. The van der Waals surface area contributed by atoms with Crippen molar-refractivity contribution in [1.82, 2.24) is 9.97 Å². The summed E-state index contributed by atoms with van der Waals surface area (Å²) in [6.07, 6.45) is 2.96. The van der Waals surface area contributed by atoms with Crippen LogP contribution in [0.25, 0.3) is 0 Å². The summed E-state index contributed by atoms with van der Waals surface area (Å²) < 4.78 is 0. The molecule has 0 fully saturated rings. The lowest BCUT2D eigenvalue weighted by molar-refractivity contribution is 0.0962. The second-order valence-electron chi connectivity index (χ2n) is 6.83. The molecule has 1 N–H and O–H groups in total. The number of benzene rings is 2. The number of aryl methyl sites for hydroxylation is 1. The molecule has 0 bridgehead atoms. The van der Waals surface area contributed by atoms with E-state index in [0.717, 1.165) is 12.1 Å². The number of hydrogen-bond donors (Lipinski definition) is 1. The highest BCUT2D eigenvalue weighted by Crippen LogP contribution is 2.32. The lowest BCUT2D eigenvalue weighted by Gasteiger charge is -2.23. The minimum atomic E-state index is 0.131. The van der Waals surface area contributed by atoms with Crippen LogP contribution in [0.15, 0.2) is 60.8 Å². The first-order valence-corrected chi connectivity index (χ1v) is 8.92. The molecule has 1 unspecified atom stereocenters. The summed E-state index contributed by atoms with van der Waals surface area (Å²) in [5.74, 6) is 0.892. The summed E-state index contributed by atoms with van der Waals surface area (Å²) in [5, 5.41) is 3.25. The van der Waals surface area contributed by atoms with Gasteiger partial charge in [0, 0.05) is 19.2 Å². The summed E-state index contributed by atoms with van der Waals surface area (Å²) >= 11 is 0. The Hall–Kier alpha value is -3.01. The van der Waals surface area contributed by atoms with Crippen molar-refractivity contribution >= 4 is 11.7 Å². The van der Waals surface area contributed by atoms with E-state index in [1.807, 2.05) is 18.2 Å². The molecule has 0 saturated carbocycles. The molecule has 4 nitrogen and oxygen atoms in total. The molecule has 130 valence electrons. The van der Waals surface area contributed by atoms with Gasteiger partial charge in [-0.3, -0.25) is 4.79 Å². The average Bonchev–Trinajstić information content (AvgIpc) is 2.67. The fourth-order valence-corrected chi connectivity index (χ4v) is 3.38. The van der Waals surface area contributed by atoms with E-state index in [1.165, 1.54) is 16.7 Å². The highest BCUT2D eigenvalue weighted by atomic mass is 16.1. The van der Waals surface area contributed by atoms with Crippen molar-refractivity contribution in [3.8, 4) is 0 Å².